The topological polar surface area (TPSA) is 70.1 Å². The van der Waals surface area contributed by atoms with E-state index in [1.54, 1.807) is 6.33 Å². The first-order valence-corrected chi connectivity index (χ1v) is 6.65. The Kier molecular flexibility index (Phi) is 4.01. The van der Waals surface area contributed by atoms with Gasteiger partial charge in [-0.05, 0) is 32.6 Å². The maximum Gasteiger partial charge on any atom is 0.134 e. The zero-order chi connectivity index (χ0) is 13.0. The van der Waals surface area contributed by atoms with Gasteiger partial charge >= 0.3 is 0 Å². The van der Waals surface area contributed by atoms with Gasteiger partial charge in [-0.2, -0.15) is 0 Å². The molecule has 1 aromatic heterocycles. The van der Waals surface area contributed by atoms with Crippen molar-refractivity contribution in [2.24, 2.45) is 0 Å². The number of aliphatic hydroxyl groups is 1. The second-order valence-corrected chi connectivity index (χ2v) is 5.04. The van der Waals surface area contributed by atoms with Crippen LogP contribution in [0.5, 0.6) is 0 Å². The summed E-state index contributed by atoms with van der Waals surface area (Å²) >= 11 is 0. The lowest BCUT2D eigenvalue weighted by atomic mass is 9.77. The summed E-state index contributed by atoms with van der Waals surface area (Å²) < 4.78 is 0. The molecule has 0 spiro atoms. The molecule has 1 saturated carbocycles. The first-order chi connectivity index (χ1) is 8.71. The second-order valence-electron chi connectivity index (χ2n) is 5.04. The van der Waals surface area contributed by atoms with Gasteiger partial charge < -0.3 is 15.7 Å². The SMILES string of the molecule is CCCNc1ncnc(NC2(CO)CCC2)c1C. The molecular weight excluding hydrogens is 228 g/mol. The van der Waals surface area contributed by atoms with Crippen LogP contribution in [0.15, 0.2) is 6.33 Å². The normalized spacial score (nSPS) is 17.1. The zero-order valence-electron chi connectivity index (χ0n) is 11.2. The third kappa shape index (κ3) is 2.56. The van der Waals surface area contributed by atoms with Crippen molar-refractivity contribution in [1.29, 1.82) is 0 Å². The summed E-state index contributed by atoms with van der Waals surface area (Å²) in [4.78, 5) is 8.54. The lowest BCUT2D eigenvalue weighted by molar-refractivity contribution is 0.143. The van der Waals surface area contributed by atoms with Gasteiger partial charge in [0.15, 0.2) is 0 Å². The molecule has 100 valence electrons. The molecule has 1 aromatic rings. The van der Waals surface area contributed by atoms with Crippen LogP contribution in [-0.2, 0) is 0 Å². The first-order valence-electron chi connectivity index (χ1n) is 6.65. The summed E-state index contributed by atoms with van der Waals surface area (Å²) in [5.74, 6) is 1.71. The maximum atomic E-state index is 9.48. The van der Waals surface area contributed by atoms with Gasteiger partial charge in [0.25, 0.3) is 0 Å². The molecule has 0 radical (unpaired) electrons. The van der Waals surface area contributed by atoms with E-state index < -0.39 is 0 Å². The first kappa shape index (κ1) is 13.1. The van der Waals surface area contributed by atoms with Gasteiger partial charge in [-0.3, -0.25) is 0 Å². The third-order valence-corrected chi connectivity index (χ3v) is 3.62. The Morgan fingerprint density at radius 1 is 1.33 bits per heavy atom. The van der Waals surface area contributed by atoms with E-state index in [2.05, 4.69) is 27.5 Å². The Labute approximate surface area is 108 Å². The molecule has 5 nitrogen and oxygen atoms in total. The molecule has 0 saturated heterocycles. The largest absolute Gasteiger partial charge is 0.394 e. The van der Waals surface area contributed by atoms with Crippen molar-refractivity contribution >= 4 is 11.6 Å². The average Bonchev–Trinajstić information content (AvgIpc) is 2.34. The Morgan fingerprint density at radius 2 is 2.06 bits per heavy atom. The van der Waals surface area contributed by atoms with E-state index in [-0.39, 0.29) is 12.1 Å². The number of rotatable bonds is 6. The number of hydrogen-bond donors (Lipinski definition) is 3. The minimum Gasteiger partial charge on any atom is -0.394 e. The van der Waals surface area contributed by atoms with E-state index in [0.717, 1.165) is 43.0 Å². The number of nitrogens with one attached hydrogen (secondary N) is 2. The minimum absolute atomic E-state index is 0.161. The van der Waals surface area contributed by atoms with Crippen molar-refractivity contribution in [3.8, 4) is 0 Å². The summed E-state index contributed by atoms with van der Waals surface area (Å²) in [7, 11) is 0. The van der Waals surface area contributed by atoms with Crippen LogP contribution >= 0.6 is 0 Å². The van der Waals surface area contributed by atoms with Crippen molar-refractivity contribution in [1.82, 2.24) is 9.97 Å². The molecule has 0 amide bonds. The van der Waals surface area contributed by atoms with Crippen molar-refractivity contribution in [3.63, 3.8) is 0 Å². The van der Waals surface area contributed by atoms with Crippen LogP contribution in [-0.4, -0.2) is 33.8 Å². The quantitative estimate of drug-likeness (QED) is 0.719. The molecule has 0 bridgehead atoms. The van der Waals surface area contributed by atoms with Crippen LogP contribution in [0, 0.1) is 6.92 Å². The Bertz CT molecular complexity index is 398. The molecule has 1 fully saturated rings. The van der Waals surface area contributed by atoms with E-state index in [0.29, 0.717) is 0 Å². The fourth-order valence-corrected chi connectivity index (χ4v) is 2.18. The summed E-state index contributed by atoms with van der Waals surface area (Å²) in [6.07, 6.45) is 5.80. The van der Waals surface area contributed by atoms with Gasteiger partial charge in [-0.15, -0.1) is 0 Å². The van der Waals surface area contributed by atoms with Crippen LogP contribution in [0.25, 0.3) is 0 Å². The van der Waals surface area contributed by atoms with Crippen LogP contribution in [0.3, 0.4) is 0 Å². The highest BCUT2D eigenvalue weighted by atomic mass is 16.3. The van der Waals surface area contributed by atoms with Crippen LogP contribution in [0.1, 0.15) is 38.2 Å². The van der Waals surface area contributed by atoms with Crippen LogP contribution in [0.4, 0.5) is 11.6 Å². The molecule has 5 heteroatoms. The Balaban J connectivity index is 2.12. The average molecular weight is 250 g/mol. The van der Waals surface area contributed by atoms with E-state index in [1.807, 2.05) is 6.92 Å². The summed E-state index contributed by atoms with van der Waals surface area (Å²) in [6.45, 7) is 5.19. The zero-order valence-corrected chi connectivity index (χ0v) is 11.2. The third-order valence-electron chi connectivity index (χ3n) is 3.62. The predicted molar refractivity (Wildman–Crippen MR) is 72.8 cm³/mol. The van der Waals surface area contributed by atoms with Crippen molar-refractivity contribution < 1.29 is 5.11 Å². The van der Waals surface area contributed by atoms with Crippen LogP contribution < -0.4 is 10.6 Å². The fourth-order valence-electron chi connectivity index (χ4n) is 2.18. The number of anilines is 2. The summed E-state index contributed by atoms with van der Waals surface area (Å²) in [6, 6.07) is 0. The van der Waals surface area contributed by atoms with Gasteiger partial charge in [0, 0.05) is 12.1 Å². The molecule has 1 aliphatic carbocycles. The summed E-state index contributed by atoms with van der Waals surface area (Å²) in [5.41, 5.74) is 0.854. The van der Waals surface area contributed by atoms with Crippen molar-refractivity contribution in [2.75, 3.05) is 23.8 Å². The van der Waals surface area contributed by atoms with Gasteiger partial charge in [0.1, 0.15) is 18.0 Å². The molecular formula is C13H22N4O. The van der Waals surface area contributed by atoms with E-state index in [9.17, 15) is 5.11 Å². The van der Waals surface area contributed by atoms with Gasteiger partial charge in [0.2, 0.25) is 0 Å². The fraction of sp³-hybridized carbons (Fsp3) is 0.692. The molecule has 0 unspecified atom stereocenters. The molecule has 0 aromatic carbocycles. The van der Waals surface area contributed by atoms with Crippen LogP contribution in [0.2, 0.25) is 0 Å². The molecule has 1 aliphatic rings. The highest BCUT2D eigenvalue weighted by Crippen LogP contribution is 2.35. The predicted octanol–water partition coefficient (Wildman–Crippen LogP) is 1.93. The maximum absolute atomic E-state index is 9.48. The molecule has 0 atom stereocenters. The standard InChI is InChI=1S/C13H22N4O/c1-3-7-14-11-10(2)12(16-9-15-11)17-13(8-18)5-4-6-13/h9,18H,3-8H2,1-2H3,(H2,14,15,16,17). The van der Waals surface area contributed by atoms with E-state index in [4.69, 9.17) is 0 Å². The second kappa shape index (κ2) is 5.52. The molecule has 0 aliphatic heterocycles. The number of hydrogen-bond acceptors (Lipinski definition) is 5. The minimum atomic E-state index is -0.166. The highest BCUT2D eigenvalue weighted by Gasteiger charge is 2.36. The number of aliphatic hydroxyl groups excluding tert-OH is 1. The lowest BCUT2D eigenvalue weighted by Gasteiger charge is -2.41. The highest BCUT2D eigenvalue weighted by molar-refractivity contribution is 5.57. The molecule has 18 heavy (non-hydrogen) atoms. The summed E-state index contributed by atoms with van der Waals surface area (Å²) in [5, 5.41) is 16.2. The molecule has 2 rings (SSSR count). The van der Waals surface area contributed by atoms with E-state index >= 15 is 0 Å². The van der Waals surface area contributed by atoms with Gasteiger partial charge in [0.05, 0.1) is 12.1 Å². The number of aromatic nitrogens is 2. The Morgan fingerprint density at radius 3 is 2.61 bits per heavy atom. The van der Waals surface area contributed by atoms with E-state index in [1.165, 1.54) is 6.42 Å². The van der Waals surface area contributed by atoms with Gasteiger partial charge in [-0.1, -0.05) is 6.92 Å². The van der Waals surface area contributed by atoms with Crippen molar-refractivity contribution in [2.45, 2.75) is 45.1 Å². The Hall–Kier alpha value is -1.36. The monoisotopic (exact) mass is 250 g/mol. The molecule has 1 heterocycles. The number of nitrogens with zero attached hydrogens (tertiary/aromatic N) is 2. The van der Waals surface area contributed by atoms with Gasteiger partial charge in [-0.25, -0.2) is 9.97 Å². The van der Waals surface area contributed by atoms with Crippen molar-refractivity contribution in [3.05, 3.63) is 11.9 Å². The lowest BCUT2D eigenvalue weighted by Crippen LogP contribution is -2.48. The smallest absolute Gasteiger partial charge is 0.134 e. The molecule has 3 N–H and O–H groups in total.